The summed E-state index contributed by atoms with van der Waals surface area (Å²) in [6.45, 7) is 2.57. The van der Waals surface area contributed by atoms with Crippen molar-refractivity contribution in [3.05, 3.63) is 0 Å². The molecule has 4 heteroatoms. The molecule has 1 fully saturated rings. The Morgan fingerprint density at radius 2 is 2.50 bits per heavy atom. The minimum absolute atomic E-state index is 0.0402. The minimum Gasteiger partial charge on any atom is -0.396 e. The zero-order valence-electron chi connectivity index (χ0n) is 8.20. The molecule has 14 heavy (non-hydrogen) atoms. The van der Waals surface area contributed by atoms with Crippen LogP contribution in [0.15, 0.2) is 0 Å². The number of aliphatic hydroxyl groups is 1. The zero-order chi connectivity index (χ0) is 10.4. The van der Waals surface area contributed by atoms with Crippen LogP contribution in [0.5, 0.6) is 0 Å². The van der Waals surface area contributed by atoms with Crippen LogP contribution < -0.4 is 5.32 Å². The molecule has 78 valence electrons. The second kappa shape index (κ2) is 5.63. The van der Waals surface area contributed by atoms with Gasteiger partial charge in [-0.05, 0) is 18.9 Å². The third-order valence-electron chi connectivity index (χ3n) is 2.38. The van der Waals surface area contributed by atoms with E-state index in [9.17, 15) is 4.79 Å². The summed E-state index contributed by atoms with van der Waals surface area (Å²) in [7, 11) is 0. The maximum atomic E-state index is 11.2. The van der Waals surface area contributed by atoms with E-state index in [1.807, 2.05) is 4.90 Å². The zero-order valence-corrected chi connectivity index (χ0v) is 8.20. The normalized spacial score (nSPS) is 21.9. The first-order valence-corrected chi connectivity index (χ1v) is 4.79. The Morgan fingerprint density at radius 1 is 1.71 bits per heavy atom. The molecular weight excluding hydrogens is 180 g/mol. The van der Waals surface area contributed by atoms with Crippen molar-refractivity contribution in [1.29, 1.82) is 0 Å². The monoisotopic (exact) mass is 196 g/mol. The van der Waals surface area contributed by atoms with Gasteiger partial charge in [0.2, 0.25) is 5.91 Å². The second-order valence-corrected chi connectivity index (χ2v) is 3.55. The van der Waals surface area contributed by atoms with Gasteiger partial charge in [-0.15, -0.1) is 6.42 Å². The minimum atomic E-state index is -0.0402. The van der Waals surface area contributed by atoms with Crippen LogP contribution in [0, 0.1) is 18.3 Å². The number of hydrogen-bond acceptors (Lipinski definition) is 3. The lowest BCUT2D eigenvalue weighted by atomic mass is 10.1. The first-order chi connectivity index (χ1) is 6.76. The number of terminal acetylenes is 1. The molecular formula is C10H16N2O2. The van der Waals surface area contributed by atoms with Crippen molar-refractivity contribution in [3.63, 3.8) is 0 Å². The quantitative estimate of drug-likeness (QED) is 0.570. The lowest BCUT2D eigenvalue weighted by Gasteiger charge is -2.14. The molecule has 1 rings (SSSR count). The van der Waals surface area contributed by atoms with E-state index in [4.69, 9.17) is 11.5 Å². The molecule has 0 aromatic heterocycles. The smallest absolute Gasteiger partial charge is 0.234 e. The van der Waals surface area contributed by atoms with Crippen molar-refractivity contribution >= 4 is 5.91 Å². The van der Waals surface area contributed by atoms with Gasteiger partial charge in [0.15, 0.2) is 0 Å². The van der Waals surface area contributed by atoms with Crippen LogP contribution in [0.2, 0.25) is 0 Å². The molecule has 0 bridgehead atoms. The van der Waals surface area contributed by atoms with Gasteiger partial charge in [-0.2, -0.15) is 0 Å². The van der Waals surface area contributed by atoms with E-state index in [2.05, 4.69) is 11.2 Å². The van der Waals surface area contributed by atoms with Crippen molar-refractivity contribution in [2.75, 3.05) is 32.8 Å². The largest absolute Gasteiger partial charge is 0.396 e. The fraction of sp³-hybridized carbons (Fsp3) is 0.700. The van der Waals surface area contributed by atoms with Crippen LogP contribution in [-0.4, -0.2) is 48.7 Å². The summed E-state index contributed by atoms with van der Waals surface area (Å²) in [6, 6.07) is 0. The number of nitrogens with one attached hydrogen (secondary N) is 1. The predicted molar refractivity (Wildman–Crippen MR) is 53.5 cm³/mol. The first-order valence-electron chi connectivity index (χ1n) is 4.79. The average molecular weight is 196 g/mol. The van der Waals surface area contributed by atoms with Gasteiger partial charge in [0, 0.05) is 13.2 Å². The molecule has 1 heterocycles. The number of nitrogens with zero attached hydrogens (tertiary/aromatic N) is 1. The summed E-state index contributed by atoms with van der Waals surface area (Å²) in [6.07, 6.45) is 5.99. The molecule has 0 aromatic carbocycles. The molecule has 0 aromatic rings. The summed E-state index contributed by atoms with van der Waals surface area (Å²) in [4.78, 5) is 13.3. The van der Waals surface area contributed by atoms with Crippen molar-refractivity contribution in [1.82, 2.24) is 10.2 Å². The molecule has 1 saturated heterocycles. The number of hydrogen-bond donors (Lipinski definition) is 2. The number of aliphatic hydroxyl groups excluding tert-OH is 1. The highest BCUT2D eigenvalue weighted by Gasteiger charge is 2.22. The van der Waals surface area contributed by atoms with Gasteiger partial charge in [0.1, 0.15) is 0 Å². The molecule has 1 aliphatic rings. The van der Waals surface area contributed by atoms with E-state index in [0.29, 0.717) is 12.5 Å². The second-order valence-electron chi connectivity index (χ2n) is 3.55. The molecule has 0 spiro atoms. The Bertz CT molecular complexity index is 235. The molecule has 1 unspecified atom stereocenters. The van der Waals surface area contributed by atoms with Gasteiger partial charge in [-0.3, -0.25) is 9.69 Å². The number of amides is 1. The van der Waals surface area contributed by atoms with E-state index in [0.717, 1.165) is 19.5 Å². The van der Waals surface area contributed by atoms with E-state index in [1.165, 1.54) is 0 Å². The summed E-state index contributed by atoms with van der Waals surface area (Å²) in [5.74, 6) is 2.64. The van der Waals surface area contributed by atoms with Gasteiger partial charge in [-0.1, -0.05) is 5.92 Å². The number of likely N-dealkylation sites (tertiary alicyclic amines) is 1. The predicted octanol–water partition coefficient (Wildman–Crippen LogP) is -0.950. The van der Waals surface area contributed by atoms with Crippen LogP contribution in [0.25, 0.3) is 0 Å². The molecule has 1 atom stereocenters. The van der Waals surface area contributed by atoms with Crippen LogP contribution in [0.1, 0.15) is 6.42 Å². The highest BCUT2D eigenvalue weighted by Crippen LogP contribution is 2.14. The summed E-state index contributed by atoms with van der Waals surface area (Å²) in [5.41, 5.74) is 0. The maximum Gasteiger partial charge on any atom is 0.234 e. The fourth-order valence-corrected chi connectivity index (χ4v) is 1.61. The van der Waals surface area contributed by atoms with Crippen LogP contribution in [0.3, 0.4) is 0 Å². The Balaban J connectivity index is 2.19. The van der Waals surface area contributed by atoms with Crippen LogP contribution in [-0.2, 0) is 4.79 Å². The number of carbonyl (C=O) groups excluding carboxylic acids is 1. The highest BCUT2D eigenvalue weighted by molar-refractivity contribution is 5.78. The molecule has 4 nitrogen and oxygen atoms in total. The number of rotatable bonds is 4. The fourth-order valence-electron chi connectivity index (χ4n) is 1.61. The van der Waals surface area contributed by atoms with Crippen LogP contribution in [0.4, 0.5) is 0 Å². The SMILES string of the molecule is C#CCNC(=O)CN1CCC(CO)C1. The van der Waals surface area contributed by atoms with E-state index in [-0.39, 0.29) is 19.1 Å². The molecule has 0 saturated carbocycles. The standard InChI is InChI=1S/C10H16N2O2/c1-2-4-11-10(14)7-12-5-3-9(6-12)8-13/h1,9,13H,3-8H2,(H,11,14). The maximum absolute atomic E-state index is 11.2. The van der Waals surface area contributed by atoms with Gasteiger partial charge in [0.25, 0.3) is 0 Å². The summed E-state index contributed by atoms with van der Waals surface area (Å²) < 4.78 is 0. The van der Waals surface area contributed by atoms with Gasteiger partial charge in [-0.25, -0.2) is 0 Å². The Morgan fingerprint density at radius 3 is 3.07 bits per heavy atom. The lowest BCUT2D eigenvalue weighted by Crippen LogP contribution is -2.36. The van der Waals surface area contributed by atoms with Crippen molar-refractivity contribution in [2.24, 2.45) is 5.92 Å². The van der Waals surface area contributed by atoms with E-state index < -0.39 is 0 Å². The molecule has 1 amide bonds. The van der Waals surface area contributed by atoms with Crippen LogP contribution >= 0.6 is 0 Å². The topological polar surface area (TPSA) is 52.6 Å². The molecule has 2 N–H and O–H groups in total. The van der Waals surface area contributed by atoms with Crippen molar-refractivity contribution in [2.45, 2.75) is 6.42 Å². The van der Waals surface area contributed by atoms with Gasteiger partial charge in [0.05, 0.1) is 13.1 Å². The first kappa shape index (κ1) is 11.0. The third-order valence-corrected chi connectivity index (χ3v) is 2.38. The van der Waals surface area contributed by atoms with Crippen molar-refractivity contribution in [3.8, 4) is 12.3 Å². The summed E-state index contributed by atoms with van der Waals surface area (Å²) >= 11 is 0. The molecule has 1 aliphatic heterocycles. The Hall–Kier alpha value is -1.05. The van der Waals surface area contributed by atoms with Crippen molar-refractivity contribution < 1.29 is 9.90 Å². The summed E-state index contributed by atoms with van der Waals surface area (Å²) in [5, 5.41) is 11.5. The van der Waals surface area contributed by atoms with E-state index in [1.54, 1.807) is 0 Å². The highest BCUT2D eigenvalue weighted by atomic mass is 16.3. The Kier molecular flexibility index (Phi) is 4.44. The Labute approximate surface area is 84.3 Å². The number of carbonyl (C=O) groups is 1. The molecule has 0 aliphatic carbocycles. The average Bonchev–Trinajstić information content (AvgIpc) is 2.62. The molecule has 0 radical (unpaired) electrons. The van der Waals surface area contributed by atoms with Gasteiger partial charge >= 0.3 is 0 Å². The lowest BCUT2D eigenvalue weighted by molar-refractivity contribution is -0.121. The van der Waals surface area contributed by atoms with Gasteiger partial charge < -0.3 is 10.4 Å². The third kappa shape index (κ3) is 3.36. The van der Waals surface area contributed by atoms with E-state index >= 15 is 0 Å².